The molecular formula is C21H15N7O4S. The van der Waals surface area contributed by atoms with E-state index in [1.165, 1.54) is 35.0 Å². The molecule has 33 heavy (non-hydrogen) atoms. The van der Waals surface area contributed by atoms with Crippen molar-refractivity contribution in [2.75, 3.05) is 5.73 Å². The fraction of sp³-hybridized carbons (Fsp3) is 0. The minimum absolute atomic E-state index is 0.0440. The Morgan fingerprint density at radius 2 is 1.76 bits per heavy atom. The van der Waals surface area contributed by atoms with Crippen molar-refractivity contribution < 1.29 is 12.8 Å². The van der Waals surface area contributed by atoms with Gasteiger partial charge in [-0.3, -0.25) is 0 Å². The number of aromatic nitrogens is 3. The highest BCUT2D eigenvalue weighted by atomic mass is 32.2. The Balaban J connectivity index is 1.59. The Morgan fingerprint density at radius 1 is 1.00 bits per heavy atom. The van der Waals surface area contributed by atoms with Gasteiger partial charge in [0.05, 0.1) is 21.8 Å². The van der Waals surface area contributed by atoms with Gasteiger partial charge in [-0.1, -0.05) is 18.2 Å². The summed E-state index contributed by atoms with van der Waals surface area (Å²) in [5, 5.41) is 18.3. The molecule has 2 aromatic carbocycles. The summed E-state index contributed by atoms with van der Waals surface area (Å²) in [4.78, 5) is 16.9. The minimum Gasteiger partial charge on any atom is -0.422 e. The molecule has 11 nitrogen and oxygen atoms in total. The van der Waals surface area contributed by atoms with E-state index in [1.807, 2.05) is 12.1 Å². The van der Waals surface area contributed by atoms with Crippen molar-refractivity contribution in [2.45, 2.75) is 4.90 Å². The van der Waals surface area contributed by atoms with Gasteiger partial charge in [-0.05, 0) is 42.5 Å². The van der Waals surface area contributed by atoms with Crippen LogP contribution in [0.3, 0.4) is 0 Å². The number of fused-ring (bicyclic) bond motifs is 2. The SMILES string of the molecule is Nc1nn2c(-c3cc4ccccc4oc3=O)ccnc2c1N=Nc1ccc(S(N)(=O)=O)cc1. The number of hydrogen-bond donors (Lipinski definition) is 2. The van der Waals surface area contributed by atoms with Gasteiger partial charge in [0, 0.05) is 11.6 Å². The highest BCUT2D eigenvalue weighted by Gasteiger charge is 2.17. The molecule has 164 valence electrons. The van der Waals surface area contributed by atoms with Gasteiger partial charge in [0.15, 0.2) is 17.2 Å². The fourth-order valence-electron chi connectivity index (χ4n) is 3.30. The molecule has 0 unspecified atom stereocenters. The lowest BCUT2D eigenvalue weighted by Crippen LogP contribution is -2.11. The van der Waals surface area contributed by atoms with Crippen LogP contribution in [0.1, 0.15) is 0 Å². The highest BCUT2D eigenvalue weighted by Crippen LogP contribution is 2.31. The number of rotatable bonds is 4. The van der Waals surface area contributed by atoms with Crippen LogP contribution in [0.15, 0.2) is 91.2 Å². The van der Waals surface area contributed by atoms with Crippen LogP contribution in [0.2, 0.25) is 0 Å². The van der Waals surface area contributed by atoms with Crippen molar-refractivity contribution in [2.24, 2.45) is 15.4 Å². The Labute approximate surface area is 186 Å². The molecule has 0 aliphatic heterocycles. The third-order valence-corrected chi connectivity index (χ3v) is 5.80. The Bertz CT molecular complexity index is 1720. The number of sulfonamides is 1. The highest BCUT2D eigenvalue weighted by molar-refractivity contribution is 7.89. The Hall–Kier alpha value is -4.42. The first kappa shape index (κ1) is 20.5. The van der Waals surface area contributed by atoms with E-state index < -0.39 is 15.6 Å². The lowest BCUT2D eigenvalue weighted by molar-refractivity contribution is 0.562. The van der Waals surface area contributed by atoms with Crippen LogP contribution < -0.4 is 16.5 Å². The van der Waals surface area contributed by atoms with E-state index in [1.54, 1.807) is 24.3 Å². The first-order valence-electron chi connectivity index (χ1n) is 9.52. The Kier molecular flexibility index (Phi) is 4.73. The molecule has 0 saturated carbocycles. The van der Waals surface area contributed by atoms with Crippen LogP contribution in [0, 0.1) is 0 Å². The average Bonchev–Trinajstić information content (AvgIpc) is 3.12. The van der Waals surface area contributed by atoms with Crippen LogP contribution >= 0.6 is 0 Å². The number of benzene rings is 2. The van der Waals surface area contributed by atoms with E-state index in [2.05, 4.69) is 20.3 Å². The standard InChI is InChI=1S/C21H15N7O4S/c22-19-18(26-25-13-5-7-14(8-6-13)33(23,30)31)20-24-10-9-16(28(20)27-19)15-11-12-3-1-2-4-17(12)32-21(15)29/h1-11H,(H2,22,27)(H2,23,30,31). The molecule has 12 heteroatoms. The summed E-state index contributed by atoms with van der Waals surface area (Å²) in [6.07, 6.45) is 1.50. The molecule has 0 aliphatic carbocycles. The zero-order chi connectivity index (χ0) is 23.2. The van der Waals surface area contributed by atoms with Crippen molar-refractivity contribution in [3.05, 3.63) is 77.3 Å². The predicted octanol–water partition coefficient (Wildman–Crippen LogP) is 3.15. The van der Waals surface area contributed by atoms with Gasteiger partial charge >= 0.3 is 5.63 Å². The van der Waals surface area contributed by atoms with Crippen LogP contribution in [0.4, 0.5) is 17.2 Å². The molecule has 5 aromatic rings. The van der Waals surface area contributed by atoms with E-state index in [9.17, 15) is 13.2 Å². The topological polar surface area (TPSA) is 171 Å². The fourth-order valence-corrected chi connectivity index (χ4v) is 3.82. The number of azo groups is 1. The average molecular weight is 461 g/mol. The summed E-state index contributed by atoms with van der Waals surface area (Å²) in [6.45, 7) is 0. The van der Waals surface area contributed by atoms with E-state index >= 15 is 0 Å². The molecule has 0 amide bonds. The summed E-state index contributed by atoms with van der Waals surface area (Å²) in [5.41, 5.74) is 7.53. The molecule has 3 heterocycles. The third kappa shape index (κ3) is 3.73. The zero-order valence-corrected chi connectivity index (χ0v) is 17.6. The van der Waals surface area contributed by atoms with E-state index in [0.717, 1.165) is 5.39 Å². The number of para-hydroxylation sites is 1. The maximum absolute atomic E-state index is 12.6. The van der Waals surface area contributed by atoms with Crippen molar-refractivity contribution >= 4 is 43.8 Å². The maximum Gasteiger partial charge on any atom is 0.345 e. The van der Waals surface area contributed by atoms with Gasteiger partial charge in [-0.25, -0.2) is 27.9 Å². The smallest absolute Gasteiger partial charge is 0.345 e. The van der Waals surface area contributed by atoms with Crippen LogP contribution in [-0.4, -0.2) is 23.0 Å². The van der Waals surface area contributed by atoms with Crippen molar-refractivity contribution in [1.29, 1.82) is 0 Å². The van der Waals surface area contributed by atoms with Gasteiger partial charge in [-0.2, -0.15) is 5.11 Å². The quantitative estimate of drug-likeness (QED) is 0.305. The monoisotopic (exact) mass is 461 g/mol. The van der Waals surface area contributed by atoms with E-state index in [0.29, 0.717) is 17.0 Å². The van der Waals surface area contributed by atoms with Gasteiger partial charge in [-0.15, -0.1) is 10.2 Å². The lowest BCUT2D eigenvalue weighted by atomic mass is 10.1. The number of anilines is 1. The second-order valence-corrected chi connectivity index (χ2v) is 8.59. The van der Waals surface area contributed by atoms with Crippen LogP contribution in [0.5, 0.6) is 0 Å². The number of nitrogens with two attached hydrogens (primary N) is 2. The molecule has 0 atom stereocenters. The molecule has 0 fully saturated rings. The second-order valence-electron chi connectivity index (χ2n) is 7.02. The molecule has 4 N–H and O–H groups in total. The summed E-state index contributed by atoms with van der Waals surface area (Å²) in [7, 11) is -3.81. The maximum atomic E-state index is 12.6. The van der Waals surface area contributed by atoms with Crippen molar-refractivity contribution in [3.8, 4) is 11.3 Å². The summed E-state index contributed by atoms with van der Waals surface area (Å²) in [5.74, 6) is 0.0463. The normalized spacial score (nSPS) is 12.2. The second kappa shape index (κ2) is 7.62. The van der Waals surface area contributed by atoms with Crippen LogP contribution in [0.25, 0.3) is 27.9 Å². The predicted molar refractivity (Wildman–Crippen MR) is 121 cm³/mol. The minimum atomic E-state index is -3.81. The lowest BCUT2D eigenvalue weighted by Gasteiger charge is -2.04. The zero-order valence-electron chi connectivity index (χ0n) is 16.8. The summed E-state index contributed by atoms with van der Waals surface area (Å²) in [6, 6.07) is 16.0. The molecule has 0 bridgehead atoms. The summed E-state index contributed by atoms with van der Waals surface area (Å²) < 4.78 is 29.6. The Morgan fingerprint density at radius 3 is 2.52 bits per heavy atom. The van der Waals surface area contributed by atoms with Gasteiger partial charge in [0.2, 0.25) is 10.0 Å². The summed E-state index contributed by atoms with van der Waals surface area (Å²) >= 11 is 0. The molecule has 3 aromatic heterocycles. The molecular weight excluding hydrogens is 446 g/mol. The van der Waals surface area contributed by atoms with E-state index in [-0.39, 0.29) is 27.6 Å². The largest absolute Gasteiger partial charge is 0.422 e. The van der Waals surface area contributed by atoms with E-state index in [4.69, 9.17) is 15.3 Å². The van der Waals surface area contributed by atoms with Crippen molar-refractivity contribution in [1.82, 2.24) is 14.6 Å². The number of nitrogens with zero attached hydrogens (tertiary/aromatic N) is 5. The molecule has 0 aliphatic rings. The molecule has 5 rings (SSSR count). The number of primary sulfonamides is 1. The molecule has 0 spiro atoms. The first-order valence-corrected chi connectivity index (χ1v) is 11.1. The van der Waals surface area contributed by atoms with Gasteiger partial charge < -0.3 is 10.2 Å². The molecule has 0 saturated heterocycles. The van der Waals surface area contributed by atoms with Gasteiger partial charge in [0.25, 0.3) is 0 Å². The third-order valence-electron chi connectivity index (χ3n) is 4.87. The van der Waals surface area contributed by atoms with Crippen LogP contribution in [-0.2, 0) is 10.0 Å². The first-order chi connectivity index (χ1) is 15.8. The number of nitrogen functional groups attached to an aromatic ring is 1. The number of hydrogen-bond acceptors (Lipinski definition) is 9. The molecule has 0 radical (unpaired) electrons. The van der Waals surface area contributed by atoms with Gasteiger partial charge in [0.1, 0.15) is 5.58 Å². The van der Waals surface area contributed by atoms with Crippen molar-refractivity contribution in [3.63, 3.8) is 0 Å².